The highest BCUT2D eigenvalue weighted by Crippen LogP contribution is 2.43. The number of phenols is 1. The standard InChI is InChI=1S/C16H20BrF3N2O.2ClH/c1-10(2)7-14(22-5-3-21-4-6-22)12-8-11(17)9-13(15(12)23)16(18,19)20;;/h8-9,14,21,23H,1,3-7H2,2H3;2*1H/t14-;;/m0../s1. The number of piperazine rings is 1. The van der Waals surface area contributed by atoms with Gasteiger partial charge < -0.3 is 10.4 Å². The topological polar surface area (TPSA) is 35.5 Å². The molecule has 0 spiro atoms. The van der Waals surface area contributed by atoms with Gasteiger partial charge in [-0.05, 0) is 25.5 Å². The zero-order chi connectivity index (χ0) is 17.2. The van der Waals surface area contributed by atoms with Crippen molar-refractivity contribution >= 4 is 40.7 Å². The molecule has 0 aliphatic carbocycles. The summed E-state index contributed by atoms with van der Waals surface area (Å²) >= 11 is 3.13. The first-order valence-corrected chi connectivity index (χ1v) is 8.18. The third-order valence-electron chi connectivity index (χ3n) is 3.90. The number of rotatable bonds is 4. The van der Waals surface area contributed by atoms with Crippen molar-refractivity contribution < 1.29 is 18.3 Å². The molecule has 1 aromatic carbocycles. The van der Waals surface area contributed by atoms with Crippen molar-refractivity contribution in [1.29, 1.82) is 0 Å². The molecule has 1 saturated heterocycles. The SMILES string of the molecule is C=C(C)C[C@@H](c1cc(Br)cc(C(F)(F)F)c1O)N1CCNCC1.Cl.Cl. The van der Waals surface area contributed by atoms with Gasteiger partial charge in [0, 0.05) is 42.3 Å². The van der Waals surface area contributed by atoms with E-state index < -0.39 is 17.5 Å². The van der Waals surface area contributed by atoms with E-state index in [0.29, 0.717) is 24.0 Å². The lowest BCUT2D eigenvalue weighted by molar-refractivity contribution is -0.138. The van der Waals surface area contributed by atoms with Gasteiger partial charge in [0.15, 0.2) is 0 Å². The summed E-state index contributed by atoms with van der Waals surface area (Å²) in [6, 6.07) is 2.16. The van der Waals surface area contributed by atoms with Crippen LogP contribution >= 0.6 is 40.7 Å². The largest absolute Gasteiger partial charge is 0.507 e. The summed E-state index contributed by atoms with van der Waals surface area (Å²) in [6.45, 7) is 8.69. The average molecular weight is 466 g/mol. The van der Waals surface area contributed by atoms with Crippen LogP contribution in [0.2, 0.25) is 0 Å². The highest BCUT2D eigenvalue weighted by Gasteiger charge is 2.37. The van der Waals surface area contributed by atoms with Crippen molar-refractivity contribution in [3.8, 4) is 5.75 Å². The molecular weight excluding hydrogens is 444 g/mol. The van der Waals surface area contributed by atoms with E-state index in [0.717, 1.165) is 24.7 Å². The first-order chi connectivity index (χ1) is 10.7. The van der Waals surface area contributed by atoms with Crippen molar-refractivity contribution in [3.63, 3.8) is 0 Å². The van der Waals surface area contributed by atoms with Crippen molar-refractivity contribution in [3.05, 3.63) is 39.9 Å². The van der Waals surface area contributed by atoms with Crippen molar-refractivity contribution in [2.45, 2.75) is 25.6 Å². The number of benzene rings is 1. The molecule has 1 aromatic rings. The zero-order valence-electron chi connectivity index (χ0n) is 13.7. The quantitative estimate of drug-likeness (QED) is 0.619. The van der Waals surface area contributed by atoms with Crippen LogP contribution in [0.15, 0.2) is 28.8 Å². The summed E-state index contributed by atoms with van der Waals surface area (Å²) in [6.07, 6.45) is -4.10. The van der Waals surface area contributed by atoms with Crippen LogP contribution in [0.3, 0.4) is 0 Å². The van der Waals surface area contributed by atoms with Crippen molar-refractivity contribution in [1.82, 2.24) is 10.2 Å². The monoisotopic (exact) mass is 464 g/mol. The zero-order valence-corrected chi connectivity index (χ0v) is 16.9. The molecule has 0 unspecified atom stereocenters. The van der Waals surface area contributed by atoms with E-state index >= 15 is 0 Å². The Labute approximate surface area is 166 Å². The Balaban J connectivity index is 0.00000288. The second-order valence-corrected chi connectivity index (χ2v) is 6.77. The summed E-state index contributed by atoms with van der Waals surface area (Å²) in [5.41, 5.74) is 0.141. The Morgan fingerprint density at radius 2 is 1.88 bits per heavy atom. The molecule has 2 N–H and O–H groups in total. The molecule has 1 aliphatic heterocycles. The molecule has 0 amide bonds. The second kappa shape index (κ2) is 10.0. The molecular formula is C16H22BrCl2F3N2O. The van der Waals surface area contributed by atoms with E-state index in [1.807, 2.05) is 6.92 Å². The van der Waals surface area contributed by atoms with E-state index in [1.54, 1.807) is 6.07 Å². The first-order valence-electron chi connectivity index (χ1n) is 7.39. The fourth-order valence-electron chi connectivity index (χ4n) is 2.85. The van der Waals surface area contributed by atoms with Crippen LogP contribution < -0.4 is 5.32 Å². The molecule has 9 heteroatoms. The number of alkyl halides is 3. The van der Waals surface area contributed by atoms with Gasteiger partial charge in [-0.2, -0.15) is 13.2 Å². The molecule has 1 aliphatic rings. The summed E-state index contributed by atoms with van der Waals surface area (Å²) in [5.74, 6) is -0.689. The number of hydrogen-bond donors (Lipinski definition) is 2. The minimum Gasteiger partial charge on any atom is -0.507 e. The normalized spacial score (nSPS) is 16.5. The maximum Gasteiger partial charge on any atom is 0.420 e. The van der Waals surface area contributed by atoms with E-state index in [4.69, 9.17) is 0 Å². The predicted octanol–water partition coefficient (Wildman–Crippen LogP) is 4.93. The third-order valence-corrected chi connectivity index (χ3v) is 4.36. The number of nitrogens with zero attached hydrogens (tertiary/aromatic N) is 1. The number of phenolic OH excluding ortho intramolecular Hbond substituents is 1. The summed E-state index contributed by atoms with van der Waals surface area (Å²) in [4.78, 5) is 2.09. The lowest BCUT2D eigenvalue weighted by atomic mass is 9.95. The number of aromatic hydroxyl groups is 1. The highest BCUT2D eigenvalue weighted by atomic mass is 79.9. The minimum absolute atomic E-state index is 0. The van der Waals surface area contributed by atoms with Gasteiger partial charge in [0.25, 0.3) is 0 Å². The summed E-state index contributed by atoms with van der Waals surface area (Å²) < 4.78 is 39.8. The maximum atomic E-state index is 13.2. The highest BCUT2D eigenvalue weighted by molar-refractivity contribution is 9.10. The Kier molecular flexibility index (Phi) is 9.83. The van der Waals surface area contributed by atoms with Crippen LogP contribution in [-0.4, -0.2) is 36.2 Å². The first kappa shape index (κ1) is 24.5. The van der Waals surface area contributed by atoms with Gasteiger partial charge in [0.05, 0.1) is 5.56 Å². The van der Waals surface area contributed by atoms with Crippen molar-refractivity contribution in [2.24, 2.45) is 0 Å². The molecule has 1 fully saturated rings. The lowest BCUT2D eigenvalue weighted by Gasteiger charge is -2.36. The molecule has 0 saturated carbocycles. The van der Waals surface area contributed by atoms with Crippen LogP contribution in [0, 0.1) is 0 Å². The summed E-state index contributed by atoms with van der Waals surface area (Å²) in [7, 11) is 0. The van der Waals surface area contributed by atoms with Crippen LogP contribution in [-0.2, 0) is 6.18 Å². The number of hydrogen-bond acceptors (Lipinski definition) is 3. The van der Waals surface area contributed by atoms with Gasteiger partial charge in [-0.25, -0.2) is 0 Å². The van der Waals surface area contributed by atoms with Crippen LogP contribution in [0.5, 0.6) is 5.75 Å². The average Bonchev–Trinajstić information content (AvgIpc) is 2.46. The fourth-order valence-corrected chi connectivity index (χ4v) is 3.33. The molecule has 25 heavy (non-hydrogen) atoms. The maximum absolute atomic E-state index is 13.2. The van der Waals surface area contributed by atoms with Crippen LogP contribution in [0.25, 0.3) is 0 Å². The van der Waals surface area contributed by atoms with E-state index in [2.05, 4.69) is 32.7 Å². The molecule has 1 atom stereocenters. The molecule has 2 rings (SSSR count). The number of nitrogens with one attached hydrogen (secondary N) is 1. The molecule has 0 radical (unpaired) electrons. The number of halogens is 6. The lowest BCUT2D eigenvalue weighted by Crippen LogP contribution is -2.45. The van der Waals surface area contributed by atoms with Crippen molar-refractivity contribution in [2.75, 3.05) is 26.2 Å². The molecule has 0 aromatic heterocycles. The summed E-state index contributed by atoms with van der Waals surface area (Å²) in [5, 5.41) is 13.5. The Bertz CT molecular complexity index is 593. The van der Waals surface area contributed by atoms with Crippen LogP contribution in [0.1, 0.15) is 30.5 Å². The van der Waals surface area contributed by atoms with Gasteiger partial charge in [-0.1, -0.05) is 21.5 Å². The second-order valence-electron chi connectivity index (χ2n) is 5.85. The minimum atomic E-state index is -4.60. The van der Waals surface area contributed by atoms with Crippen LogP contribution in [0.4, 0.5) is 13.2 Å². The predicted molar refractivity (Wildman–Crippen MR) is 102 cm³/mol. The van der Waals surface area contributed by atoms with Gasteiger partial charge >= 0.3 is 6.18 Å². The Morgan fingerprint density at radius 1 is 1.32 bits per heavy atom. The smallest absolute Gasteiger partial charge is 0.420 e. The Hall–Kier alpha value is -0.470. The molecule has 0 bridgehead atoms. The van der Waals surface area contributed by atoms with E-state index in [9.17, 15) is 18.3 Å². The van der Waals surface area contributed by atoms with E-state index in [-0.39, 0.29) is 36.4 Å². The molecule has 3 nitrogen and oxygen atoms in total. The molecule has 1 heterocycles. The third kappa shape index (κ3) is 6.32. The fraction of sp³-hybridized carbons (Fsp3) is 0.500. The van der Waals surface area contributed by atoms with Gasteiger partial charge in [-0.15, -0.1) is 31.4 Å². The van der Waals surface area contributed by atoms with E-state index in [1.165, 1.54) is 0 Å². The van der Waals surface area contributed by atoms with Gasteiger partial charge in [-0.3, -0.25) is 4.90 Å². The van der Waals surface area contributed by atoms with Gasteiger partial charge in [0.1, 0.15) is 5.75 Å². The molecule has 144 valence electrons. The Morgan fingerprint density at radius 3 is 2.36 bits per heavy atom. The van der Waals surface area contributed by atoms with Gasteiger partial charge in [0.2, 0.25) is 0 Å².